The standard InChI is InChI=1S/C25H26ClN3O4/c1-33-13-12-29-16-21(24(31)27-11-10-18-8-5-9-20(26)14-18)23(30)22(17-29)25(32)28-15-19-6-3-2-4-7-19/h2-9,14,16-17H,10-13,15H2,1H3,(H,27,31)(H,28,32). The van der Waals surface area contributed by atoms with Crippen LogP contribution in [0.5, 0.6) is 0 Å². The summed E-state index contributed by atoms with van der Waals surface area (Å²) in [6.07, 6.45) is 3.45. The van der Waals surface area contributed by atoms with E-state index in [4.69, 9.17) is 16.3 Å². The highest BCUT2D eigenvalue weighted by Crippen LogP contribution is 2.10. The summed E-state index contributed by atoms with van der Waals surface area (Å²) in [6, 6.07) is 16.7. The van der Waals surface area contributed by atoms with Crippen molar-refractivity contribution in [3.05, 3.63) is 104 Å². The van der Waals surface area contributed by atoms with Crippen LogP contribution in [0.4, 0.5) is 0 Å². The molecule has 0 aliphatic carbocycles. The maximum absolute atomic E-state index is 13.0. The van der Waals surface area contributed by atoms with E-state index in [1.54, 1.807) is 17.7 Å². The number of amides is 2. The largest absolute Gasteiger partial charge is 0.383 e. The predicted molar refractivity (Wildman–Crippen MR) is 128 cm³/mol. The van der Waals surface area contributed by atoms with Gasteiger partial charge in [-0.25, -0.2) is 0 Å². The number of carbonyl (C=O) groups is 2. The second-order valence-corrected chi connectivity index (χ2v) is 7.89. The van der Waals surface area contributed by atoms with Crippen molar-refractivity contribution < 1.29 is 14.3 Å². The molecule has 33 heavy (non-hydrogen) atoms. The summed E-state index contributed by atoms with van der Waals surface area (Å²) in [5, 5.41) is 6.12. The number of pyridine rings is 1. The van der Waals surface area contributed by atoms with Crippen LogP contribution >= 0.6 is 11.6 Å². The van der Waals surface area contributed by atoms with E-state index in [0.29, 0.717) is 31.1 Å². The van der Waals surface area contributed by atoms with Gasteiger partial charge < -0.3 is 19.9 Å². The van der Waals surface area contributed by atoms with Crippen LogP contribution in [0.1, 0.15) is 31.8 Å². The highest BCUT2D eigenvalue weighted by atomic mass is 35.5. The molecule has 2 amide bonds. The van der Waals surface area contributed by atoms with Gasteiger partial charge in [0, 0.05) is 44.2 Å². The molecule has 0 fully saturated rings. The molecule has 1 aromatic heterocycles. The summed E-state index contributed by atoms with van der Waals surface area (Å²) in [4.78, 5) is 38.5. The smallest absolute Gasteiger partial charge is 0.257 e. The second kappa shape index (κ2) is 12.0. The van der Waals surface area contributed by atoms with Crippen molar-refractivity contribution in [1.82, 2.24) is 15.2 Å². The maximum Gasteiger partial charge on any atom is 0.257 e. The third-order valence-corrected chi connectivity index (χ3v) is 5.24. The van der Waals surface area contributed by atoms with Crippen LogP contribution in [0.25, 0.3) is 0 Å². The Labute approximate surface area is 197 Å². The minimum atomic E-state index is -0.616. The van der Waals surface area contributed by atoms with Gasteiger partial charge in [0.25, 0.3) is 11.8 Å². The van der Waals surface area contributed by atoms with E-state index in [0.717, 1.165) is 11.1 Å². The SMILES string of the molecule is COCCn1cc(C(=O)NCCc2cccc(Cl)c2)c(=O)c(C(=O)NCc2ccccc2)c1. The lowest BCUT2D eigenvalue weighted by Gasteiger charge is -2.12. The van der Waals surface area contributed by atoms with E-state index in [1.165, 1.54) is 12.4 Å². The lowest BCUT2D eigenvalue weighted by Crippen LogP contribution is -2.36. The first-order valence-corrected chi connectivity index (χ1v) is 10.9. The van der Waals surface area contributed by atoms with E-state index >= 15 is 0 Å². The van der Waals surface area contributed by atoms with Gasteiger partial charge in [-0.15, -0.1) is 0 Å². The fourth-order valence-corrected chi connectivity index (χ4v) is 3.47. The Morgan fingerprint density at radius 3 is 2.27 bits per heavy atom. The normalized spacial score (nSPS) is 10.6. The number of hydrogen-bond donors (Lipinski definition) is 2. The number of hydrogen-bond acceptors (Lipinski definition) is 4. The van der Waals surface area contributed by atoms with Gasteiger partial charge in [0.1, 0.15) is 11.1 Å². The molecule has 0 atom stereocenters. The van der Waals surface area contributed by atoms with Gasteiger partial charge >= 0.3 is 0 Å². The molecule has 172 valence electrons. The van der Waals surface area contributed by atoms with Gasteiger partial charge in [0.2, 0.25) is 5.43 Å². The average Bonchev–Trinajstić information content (AvgIpc) is 2.82. The Kier molecular flexibility index (Phi) is 8.80. The molecule has 0 aliphatic heterocycles. The van der Waals surface area contributed by atoms with Gasteiger partial charge in [-0.1, -0.05) is 54.1 Å². The molecule has 8 heteroatoms. The first-order valence-electron chi connectivity index (χ1n) is 10.6. The molecule has 0 radical (unpaired) electrons. The first-order chi connectivity index (χ1) is 16.0. The maximum atomic E-state index is 13.0. The summed E-state index contributed by atoms with van der Waals surface area (Å²) in [5.74, 6) is -1.07. The van der Waals surface area contributed by atoms with Crippen molar-refractivity contribution in [2.75, 3.05) is 20.3 Å². The highest BCUT2D eigenvalue weighted by Gasteiger charge is 2.19. The van der Waals surface area contributed by atoms with Crippen molar-refractivity contribution in [3.8, 4) is 0 Å². The number of benzene rings is 2. The Bertz CT molecular complexity index is 1160. The highest BCUT2D eigenvalue weighted by molar-refractivity contribution is 6.30. The van der Waals surface area contributed by atoms with Gasteiger partial charge in [0.15, 0.2) is 0 Å². The molecular formula is C25H26ClN3O4. The molecule has 2 N–H and O–H groups in total. The van der Waals surface area contributed by atoms with Crippen LogP contribution < -0.4 is 16.1 Å². The van der Waals surface area contributed by atoms with E-state index in [9.17, 15) is 14.4 Å². The molecule has 2 aromatic carbocycles. The number of aromatic nitrogens is 1. The Hall–Kier alpha value is -3.42. The molecule has 3 rings (SSSR count). The summed E-state index contributed by atoms with van der Waals surface area (Å²) < 4.78 is 6.71. The number of methoxy groups -OCH3 is 1. The van der Waals surface area contributed by atoms with Gasteiger partial charge in [-0.05, 0) is 29.7 Å². The number of halogens is 1. The van der Waals surface area contributed by atoms with E-state index in [-0.39, 0.29) is 17.7 Å². The van der Waals surface area contributed by atoms with Crippen molar-refractivity contribution in [1.29, 1.82) is 0 Å². The van der Waals surface area contributed by atoms with Gasteiger partial charge in [0.05, 0.1) is 6.61 Å². The minimum absolute atomic E-state index is 0.0930. The van der Waals surface area contributed by atoms with E-state index < -0.39 is 17.2 Å². The topological polar surface area (TPSA) is 89.4 Å². The molecule has 0 saturated heterocycles. The molecular weight excluding hydrogens is 442 g/mol. The number of rotatable bonds is 10. The van der Waals surface area contributed by atoms with Gasteiger partial charge in [-0.3, -0.25) is 14.4 Å². The van der Waals surface area contributed by atoms with Crippen LogP contribution in [0.15, 0.2) is 71.8 Å². The van der Waals surface area contributed by atoms with Crippen LogP contribution in [0.2, 0.25) is 5.02 Å². The number of ether oxygens (including phenoxy) is 1. The third kappa shape index (κ3) is 7.03. The zero-order chi connectivity index (χ0) is 23.6. The number of carbonyl (C=O) groups excluding carboxylic acids is 2. The Morgan fingerprint density at radius 2 is 1.61 bits per heavy atom. The predicted octanol–water partition coefficient (Wildman–Crippen LogP) is 3.05. The van der Waals surface area contributed by atoms with Crippen LogP contribution in [0.3, 0.4) is 0 Å². The van der Waals surface area contributed by atoms with Crippen LogP contribution in [-0.4, -0.2) is 36.6 Å². The summed E-state index contributed by atoms with van der Waals surface area (Å²) >= 11 is 5.99. The molecule has 1 heterocycles. The quantitative estimate of drug-likeness (QED) is 0.479. The fourth-order valence-electron chi connectivity index (χ4n) is 3.26. The summed E-state index contributed by atoms with van der Waals surface area (Å²) in [6.45, 7) is 1.34. The van der Waals surface area contributed by atoms with Crippen molar-refractivity contribution in [2.45, 2.75) is 19.5 Å². The molecule has 0 unspecified atom stereocenters. The lowest BCUT2D eigenvalue weighted by atomic mass is 10.1. The molecule has 7 nitrogen and oxygen atoms in total. The average molecular weight is 468 g/mol. The van der Waals surface area contributed by atoms with Gasteiger partial charge in [-0.2, -0.15) is 0 Å². The summed E-state index contributed by atoms with van der Waals surface area (Å²) in [7, 11) is 1.56. The van der Waals surface area contributed by atoms with E-state index in [1.807, 2.05) is 48.5 Å². The van der Waals surface area contributed by atoms with Crippen molar-refractivity contribution >= 4 is 23.4 Å². The van der Waals surface area contributed by atoms with E-state index in [2.05, 4.69) is 10.6 Å². The molecule has 3 aromatic rings. The van der Waals surface area contributed by atoms with Crippen LogP contribution in [0, 0.1) is 0 Å². The molecule has 0 spiro atoms. The fraction of sp³-hybridized carbons (Fsp3) is 0.240. The number of nitrogens with zero attached hydrogens (tertiary/aromatic N) is 1. The Morgan fingerprint density at radius 1 is 0.939 bits per heavy atom. The molecule has 0 aliphatic rings. The first kappa shape index (κ1) is 24.2. The van der Waals surface area contributed by atoms with Crippen molar-refractivity contribution in [2.24, 2.45) is 0 Å². The second-order valence-electron chi connectivity index (χ2n) is 7.45. The lowest BCUT2D eigenvalue weighted by molar-refractivity contribution is 0.0948. The van der Waals surface area contributed by atoms with Crippen molar-refractivity contribution in [3.63, 3.8) is 0 Å². The number of nitrogens with one attached hydrogen (secondary N) is 2. The minimum Gasteiger partial charge on any atom is -0.383 e. The molecule has 0 bridgehead atoms. The summed E-state index contributed by atoms with van der Waals surface area (Å²) in [5.41, 5.74) is 1.07. The molecule has 0 saturated carbocycles. The monoisotopic (exact) mass is 467 g/mol. The zero-order valence-electron chi connectivity index (χ0n) is 18.3. The third-order valence-electron chi connectivity index (χ3n) is 5.01. The Balaban J connectivity index is 1.75. The van der Waals surface area contributed by atoms with Crippen LogP contribution in [-0.2, 0) is 24.2 Å². The zero-order valence-corrected chi connectivity index (χ0v) is 19.1.